The molecule has 0 aliphatic rings. The Bertz CT molecular complexity index is 377. The maximum absolute atomic E-state index is 13.0. The molecule has 1 aromatic rings. The highest BCUT2D eigenvalue weighted by atomic mass is 79.9. The lowest BCUT2D eigenvalue weighted by atomic mass is 10.1. The molecule has 0 saturated carbocycles. The second kappa shape index (κ2) is 5.64. The fraction of sp³-hybridized carbons (Fsp3) is 0.364. The van der Waals surface area contributed by atoms with Crippen LogP contribution in [-0.2, 0) is 4.79 Å². The zero-order chi connectivity index (χ0) is 12.3. The molecular formula is C11H12BrClFNO. The summed E-state index contributed by atoms with van der Waals surface area (Å²) in [5.41, 5.74) is 0.361. The summed E-state index contributed by atoms with van der Waals surface area (Å²) >= 11 is 8.94. The average Bonchev–Trinajstić information content (AvgIpc) is 2.14. The van der Waals surface area contributed by atoms with E-state index in [-0.39, 0.29) is 21.7 Å². The second-order valence-electron chi connectivity index (χ2n) is 3.79. The molecule has 0 heterocycles. The van der Waals surface area contributed by atoms with Crippen molar-refractivity contribution in [1.82, 2.24) is 0 Å². The molecule has 2 nitrogen and oxygen atoms in total. The van der Waals surface area contributed by atoms with E-state index in [1.54, 1.807) is 0 Å². The van der Waals surface area contributed by atoms with Crippen LogP contribution >= 0.6 is 27.5 Å². The van der Waals surface area contributed by atoms with E-state index in [1.807, 2.05) is 13.8 Å². The van der Waals surface area contributed by atoms with Gasteiger partial charge in [0, 0.05) is 10.7 Å². The SMILES string of the molecule is CC(C)C(Br)C(=O)Nc1cc(F)cc(Cl)c1. The molecule has 0 spiro atoms. The monoisotopic (exact) mass is 307 g/mol. The molecule has 1 atom stereocenters. The van der Waals surface area contributed by atoms with Crippen LogP contribution in [0, 0.1) is 11.7 Å². The molecule has 16 heavy (non-hydrogen) atoms. The minimum Gasteiger partial charge on any atom is -0.325 e. The fourth-order valence-corrected chi connectivity index (χ4v) is 1.48. The van der Waals surface area contributed by atoms with Gasteiger partial charge in [0.25, 0.3) is 0 Å². The van der Waals surface area contributed by atoms with Crippen molar-refractivity contribution in [2.45, 2.75) is 18.7 Å². The Morgan fingerprint density at radius 3 is 2.56 bits per heavy atom. The van der Waals surface area contributed by atoms with Crippen LogP contribution in [-0.4, -0.2) is 10.7 Å². The summed E-state index contributed by atoms with van der Waals surface area (Å²) < 4.78 is 13.0. The number of carbonyl (C=O) groups is 1. The number of anilines is 1. The lowest BCUT2D eigenvalue weighted by Crippen LogP contribution is -2.27. The topological polar surface area (TPSA) is 29.1 Å². The van der Waals surface area contributed by atoms with Crippen LogP contribution in [0.3, 0.4) is 0 Å². The zero-order valence-electron chi connectivity index (χ0n) is 8.93. The predicted octanol–water partition coefficient (Wildman–Crippen LogP) is 3.84. The van der Waals surface area contributed by atoms with Crippen LogP contribution in [0.25, 0.3) is 0 Å². The molecular weight excluding hydrogens is 296 g/mol. The molecule has 0 fully saturated rings. The van der Waals surface area contributed by atoms with Gasteiger partial charge in [-0.25, -0.2) is 4.39 Å². The van der Waals surface area contributed by atoms with Gasteiger partial charge in [0.15, 0.2) is 0 Å². The van der Waals surface area contributed by atoms with E-state index in [9.17, 15) is 9.18 Å². The number of carbonyl (C=O) groups excluding carboxylic acids is 1. The number of nitrogens with one attached hydrogen (secondary N) is 1. The van der Waals surface area contributed by atoms with E-state index in [2.05, 4.69) is 21.2 Å². The number of hydrogen-bond acceptors (Lipinski definition) is 1. The van der Waals surface area contributed by atoms with Crippen LogP contribution in [0.2, 0.25) is 5.02 Å². The molecule has 88 valence electrons. The van der Waals surface area contributed by atoms with Gasteiger partial charge >= 0.3 is 0 Å². The Hall–Kier alpha value is -0.610. The maximum Gasteiger partial charge on any atom is 0.238 e. The van der Waals surface area contributed by atoms with Gasteiger partial charge in [-0.1, -0.05) is 41.4 Å². The standard InChI is InChI=1S/C11H12BrClFNO/c1-6(2)10(12)11(16)15-9-4-7(13)3-8(14)5-9/h3-6,10H,1-2H3,(H,15,16). The number of rotatable bonds is 3. The first kappa shape index (κ1) is 13.5. The molecule has 0 saturated heterocycles. The van der Waals surface area contributed by atoms with Gasteiger partial charge in [-0.05, 0) is 24.1 Å². The van der Waals surface area contributed by atoms with Crippen molar-refractivity contribution >= 4 is 39.1 Å². The lowest BCUT2D eigenvalue weighted by molar-refractivity contribution is -0.116. The molecule has 0 radical (unpaired) electrons. The number of hydrogen-bond donors (Lipinski definition) is 1. The van der Waals surface area contributed by atoms with E-state index >= 15 is 0 Å². The molecule has 1 unspecified atom stereocenters. The van der Waals surface area contributed by atoms with Crippen LogP contribution in [0.15, 0.2) is 18.2 Å². The van der Waals surface area contributed by atoms with Gasteiger partial charge in [-0.15, -0.1) is 0 Å². The maximum atomic E-state index is 13.0. The van der Waals surface area contributed by atoms with Crippen LogP contribution in [0.4, 0.5) is 10.1 Å². The normalized spacial score (nSPS) is 12.6. The third-order valence-electron chi connectivity index (χ3n) is 1.97. The van der Waals surface area contributed by atoms with Crippen molar-refractivity contribution in [2.24, 2.45) is 5.92 Å². The largest absolute Gasteiger partial charge is 0.325 e. The summed E-state index contributed by atoms with van der Waals surface area (Å²) in [6.45, 7) is 3.83. The highest BCUT2D eigenvalue weighted by molar-refractivity contribution is 9.10. The molecule has 1 aromatic carbocycles. The number of benzene rings is 1. The quantitative estimate of drug-likeness (QED) is 0.845. The summed E-state index contributed by atoms with van der Waals surface area (Å²) in [5, 5.41) is 2.85. The summed E-state index contributed by atoms with van der Waals surface area (Å²) in [7, 11) is 0. The number of alkyl halides is 1. The van der Waals surface area contributed by atoms with E-state index in [0.717, 1.165) is 0 Å². The van der Waals surface area contributed by atoms with Crippen molar-refractivity contribution < 1.29 is 9.18 Å². The van der Waals surface area contributed by atoms with E-state index in [1.165, 1.54) is 18.2 Å². The highest BCUT2D eigenvalue weighted by Crippen LogP contribution is 2.20. The van der Waals surface area contributed by atoms with E-state index in [4.69, 9.17) is 11.6 Å². The zero-order valence-corrected chi connectivity index (χ0v) is 11.3. The summed E-state index contributed by atoms with van der Waals surface area (Å²) in [4.78, 5) is 11.3. The minimum absolute atomic E-state index is 0.157. The van der Waals surface area contributed by atoms with E-state index in [0.29, 0.717) is 5.69 Å². The first-order valence-electron chi connectivity index (χ1n) is 4.81. The molecule has 0 bridgehead atoms. The summed E-state index contributed by atoms with van der Waals surface area (Å²) in [5.74, 6) is -0.529. The lowest BCUT2D eigenvalue weighted by Gasteiger charge is -2.13. The van der Waals surface area contributed by atoms with Crippen LogP contribution in [0.1, 0.15) is 13.8 Å². The van der Waals surface area contributed by atoms with Gasteiger partial charge in [-0.2, -0.15) is 0 Å². The second-order valence-corrected chi connectivity index (χ2v) is 5.22. The van der Waals surface area contributed by atoms with Gasteiger partial charge in [-0.3, -0.25) is 4.79 Å². The Morgan fingerprint density at radius 1 is 1.44 bits per heavy atom. The van der Waals surface area contributed by atoms with Crippen molar-refractivity contribution in [1.29, 1.82) is 0 Å². The predicted molar refractivity (Wildman–Crippen MR) is 67.6 cm³/mol. The van der Waals surface area contributed by atoms with Gasteiger partial charge in [0.1, 0.15) is 5.82 Å². The molecule has 1 amide bonds. The first-order valence-corrected chi connectivity index (χ1v) is 6.10. The van der Waals surface area contributed by atoms with Crippen LogP contribution in [0.5, 0.6) is 0 Å². The van der Waals surface area contributed by atoms with Gasteiger partial charge in [0.05, 0.1) is 4.83 Å². The van der Waals surface area contributed by atoms with Crippen molar-refractivity contribution in [3.8, 4) is 0 Å². The van der Waals surface area contributed by atoms with Gasteiger partial charge in [0.2, 0.25) is 5.91 Å². The Kier molecular flexibility index (Phi) is 4.74. The van der Waals surface area contributed by atoms with Crippen molar-refractivity contribution in [3.05, 3.63) is 29.0 Å². The number of halogens is 3. The minimum atomic E-state index is -0.474. The number of amides is 1. The summed E-state index contributed by atoms with van der Waals surface area (Å²) in [6, 6.07) is 3.91. The summed E-state index contributed by atoms with van der Waals surface area (Å²) in [6.07, 6.45) is 0. The van der Waals surface area contributed by atoms with E-state index < -0.39 is 5.82 Å². The third kappa shape index (κ3) is 3.76. The molecule has 1 N–H and O–H groups in total. The van der Waals surface area contributed by atoms with Crippen LogP contribution < -0.4 is 5.32 Å². The highest BCUT2D eigenvalue weighted by Gasteiger charge is 2.18. The molecule has 0 aliphatic carbocycles. The van der Waals surface area contributed by atoms with Crippen molar-refractivity contribution in [3.63, 3.8) is 0 Å². The Labute approximate surface area is 107 Å². The first-order chi connectivity index (χ1) is 7.40. The molecule has 1 rings (SSSR count). The Balaban J connectivity index is 2.77. The molecule has 5 heteroatoms. The van der Waals surface area contributed by atoms with Crippen molar-refractivity contribution in [2.75, 3.05) is 5.32 Å². The molecule has 0 aliphatic heterocycles. The third-order valence-corrected chi connectivity index (χ3v) is 3.66. The smallest absolute Gasteiger partial charge is 0.238 e. The fourth-order valence-electron chi connectivity index (χ4n) is 1.14. The average molecular weight is 309 g/mol. The van der Waals surface area contributed by atoms with Gasteiger partial charge < -0.3 is 5.32 Å². The Morgan fingerprint density at radius 2 is 2.06 bits per heavy atom. The molecule has 0 aromatic heterocycles.